The van der Waals surface area contributed by atoms with Crippen molar-refractivity contribution in [1.29, 1.82) is 0 Å². The number of hydrogen-bond donors (Lipinski definition) is 1. The molecule has 7 nitrogen and oxygen atoms in total. The van der Waals surface area contributed by atoms with Gasteiger partial charge in [0.15, 0.2) is 0 Å². The summed E-state index contributed by atoms with van der Waals surface area (Å²) in [4.78, 5) is 29.7. The predicted octanol–water partition coefficient (Wildman–Crippen LogP) is 4.85. The van der Waals surface area contributed by atoms with Crippen molar-refractivity contribution in [3.8, 4) is 5.75 Å². The second-order valence-corrected chi connectivity index (χ2v) is 9.31. The number of anilines is 1. The van der Waals surface area contributed by atoms with Crippen molar-refractivity contribution in [2.24, 2.45) is 0 Å². The average molecular weight is 470 g/mol. The zero-order valence-electron chi connectivity index (χ0n) is 19.9. The van der Waals surface area contributed by atoms with Gasteiger partial charge in [-0.05, 0) is 70.5 Å². The molecular weight excluding hydrogens is 438 g/mol. The maximum absolute atomic E-state index is 13.6. The van der Waals surface area contributed by atoms with Crippen molar-refractivity contribution in [3.63, 3.8) is 0 Å². The third-order valence-corrected chi connectivity index (χ3v) is 7.22. The number of amides is 1. The first-order valence-corrected chi connectivity index (χ1v) is 12.3. The number of carbonyl (C=O) groups is 2. The maximum Gasteiger partial charge on any atom is 0.341 e. The molecule has 0 saturated carbocycles. The van der Waals surface area contributed by atoms with Crippen molar-refractivity contribution in [2.45, 2.75) is 47.2 Å². The number of esters is 1. The molecule has 3 aromatic rings. The molecule has 1 aliphatic rings. The quantitative estimate of drug-likeness (QED) is 0.501. The fraction of sp³-hybridized carbons (Fsp3) is 0.440. The highest BCUT2D eigenvalue weighted by Crippen LogP contribution is 2.38. The van der Waals surface area contributed by atoms with E-state index in [4.69, 9.17) is 9.47 Å². The summed E-state index contributed by atoms with van der Waals surface area (Å²) in [5.74, 6) is 0.193. The Morgan fingerprint density at radius 3 is 2.67 bits per heavy atom. The van der Waals surface area contributed by atoms with E-state index < -0.39 is 0 Å². The highest BCUT2D eigenvalue weighted by atomic mass is 32.1. The molecule has 0 fully saturated rings. The molecule has 4 rings (SSSR count). The molecule has 0 atom stereocenters. The van der Waals surface area contributed by atoms with Crippen LogP contribution in [0.3, 0.4) is 0 Å². The SMILES string of the molecule is CCOC(=O)c1c(NC(=O)c2c(C)c3cc(OCC)ccc3n2CC)sc2c1CCN(C)C2. The first-order chi connectivity index (χ1) is 15.9. The molecule has 0 spiro atoms. The molecule has 0 bridgehead atoms. The smallest absolute Gasteiger partial charge is 0.341 e. The standard InChI is InChI=1S/C25H31N3O4S/c1-6-28-19-10-9-16(31-7-2)13-18(19)15(4)22(28)23(29)26-24-21(25(30)32-8-3)17-11-12-27(5)14-20(17)33-24/h9-10,13H,6-8,11-12,14H2,1-5H3,(H,26,29). The Bertz CT molecular complexity index is 1210. The lowest BCUT2D eigenvalue weighted by atomic mass is 10.0. The Morgan fingerprint density at radius 1 is 1.18 bits per heavy atom. The second kappa shape index (κ2) is 9.57. The summed E-state index contributed by atoms with van der Waals surface area (Å²) in [6, 6.07) is 5.92. The van der Waals surface area contributed by atoms with Crippen LogP contribution in [-0.2, 0) is 24.2 Å². The molecule has 3 heterocycles. The number of aromatic nitrogens is 1. The number of rotatable bonds is 7. The summed E-state index contributed by atoms with van der Waals surface area (Å²) in [6.45, 7) is 10.9. The van der Waals surface area contributed by atoms with Gasteiger partial charge in [0.2, 0.25) is 0 Å². The molecule has 1 amide bonds. The zero-order valence-corrected chi connectivity index (χ0v) is 20.7. The molecular formula is C25H31N3O4S. The highest BCUT2D eigenvalue weighted by Gasteiger charge is 2.30. The van der Waals surface area contributed by atoms with Gasteiger partial charge in [-0.1, -0.05) is 0 Å². The van der Waals surface area contributed by atoms with Crippen LogP contribution in [0.4, 0.5) is 5.00 Å². The summed E-state index contributed by atoms with van der Waals surface area (Å²) in [6.07, 6.45) is 0.765. The van der Waals surface area contributed by atoms with Crippen molar-refractivity contribution < 1.29 is 19.1 Å². The molecule has 1 aliphatic heterocycles. The van der Waals surface area contributed by atoms with E-state index in [-0.39, 0.29) is 11.9 Å². The van der Waals surface area contributed by atoms with Crippen LogP contribution >= 0.6 is 11.3 Å². The fourth-order valence-electron chi connectivity index (χ4n) is 4.58. The lowest BCUT2D eigenvalue weighted by Gasteiger charge is -2.22. The third kappa shape index (κ3) is 4.25. The molecule has 0 unspecified atom stereocenters. The van der Waals surface area contributed by atoms with E-state index in [0.29, 0.717) is 36.0 Å². The number of carbonyl (C=O) groups excluding carboxylic acids is 2. The maximum atomic E-state index is 13.6. The van der Waals surface area contributed by atoms with Gasteiger partial charge in [-0.25, -0.2) is 4.79 Å². The number of thiophene rings is 1. The highest BCUT2D eigenvalue weighted by molar-refractivity contribution is 7.17. The predicted molar refractivity (Wildman–Crippen MR) is 132 cm³/mol. The van der Waals surface area contributed by atoms with Crippen LogP contribution in [0.25, 0.3) is 10.9 Å². The summed E-state index contributed by atoms with van der Waals surface area (Å²) in [7, 11) is 2.06. The molecule has 33 heavy (non-hydrogen) atoms. The normalized spacial score (nSPS) is 13.7. The topological polar surface area (TPSA) is 72.8 Å². The number of nitrogens with zero attached hydrogens (tertiary/aromatic N) is 2. The number of aryl methyl sites for hydroxylation is 2. The van der Waals surface area contributed by atoms with Crippen molar-refractivity contribution in [2.75, 3.05) is 32.1 Å². The number of nitrogens with one attached hydrogen (secondary N) is 1. The van der Waals surface area contributed by atoms with Crippen LogP contribution < -0.4 is 10.1 Å². The van der Waals surface area contributed by atoms with Gasteiger partial charge >= 0.3 is 5.97 Å². The first kappa shape index (κ1) is 23.3. The number of ether oxygens (including phenoxy) is 2. The van der Waals surface area contributed by atoms with E-state index in [1.54, 1.807) is 6.92 Å². The first-order valence-electron chi connectivity index (χ1n) is 11.5. The van der Waals surface area contributed by atoms with Crippen molar-refractivity contribution in [1.82, 2.24) is 9.47 Å². The van der Waals surface area contributed by atoms with Gasteiger partial charge in [-0.2, -0.15) is 0 Å². The van der Waals surface area contributed by atoms with Crippen LogP contribution in [0.2, 0.25) is 0 Å². The van der Waals surface area contributed by atoms with Crippen LogP contribution in [0.1, 0.15) is 57.6 Å². The molecule has 176 valence electrons. The lowest BCUT2D eigenvalue weighted by Crippen LogP contribution is -2.26. The number of likely N-dealkylation sites (N-methyl/N-ethyl adjacent to an activating group) is 1. The van der Waals surface area contributed by atoms with E-state index in [0.717, 1.165) is 52.2 Å². The van der Waals surface area contributed by atoms with Gasteiger partial charge in [-0.15, -0.1) is 11.3 Å². The molecule has 8 heteroatoms. The Kier molecular flexibility index (Phi) is 6.76. The Hall–Kier alpha value is -2.84. The van der Waals surface area contributed by atoms with Crippen LogP contribution in [-0.4, -0.2) is 48.1 Å². The molecule has 0 radical (unpaired) electrons. The number of hydrogen-bond acceptors (Lipinski definition) is 6. The number of benzene rings is 1. The zero-order chi connectivity index (χ0) is 23.7. The minimum atomic E-state index is -0.371. The molecule has 1 N–H and O–H groups in total. The van der Waals surface area contributed by atoms with Crippen molar-refractivity contribution >= 4 is 39.1 Å². The molecule has 2 aromatic heterocycles. The summed E-state index contributed by atoms with van der Waals surface area (Å²) >= 11 is 1.47. The van der Waals surface area contributed by atoms with E-state index >= 15 is 0 Å². The van der Waals surface area contributed by atoms with Gasteiger partial charge in [0.05, 0.1) is 18.8 Å². The van der Waals surface area contributed by atoms with Crippen molar-refractivity contribution in [3.05, 3.63) is 45.5 Å². The minimum absolute atomic E-state index is 0.221. The number of fused-ring (bicyclic) bond motifs is 2. The summed E-state index contributed by atoms with van der Waals surface area (Å²) in [5.41, 5.74) is 3.99. The Balaban J connectivity index is 1.76. The third-order valence-electron chi connectivity index (χ3n) is 6.08. The van der Waals surface area contributed by atoms with E-state index in [2.05, 4.69) is 17.3 Å². The largest absolute Gasteiger partial charge is 0.494 e. The van der Waals surface area contributed by atoms with E-state index in [1.807, 2.05) is 43.5 Å². The van der Waals surface area contributed by atoms with Gasteiger partial charge in [0.1, 0.15) is 16.4 Å². The second-order valence-electron chi connectivity index (χ2n) is 8.20. The Labute approximate surface area is 198 Å². The summed E-state index contributed by atoms with van der Waals surface area (Å²) in [5, 5.41) is 4.62. The Morgan fingerprint density at radius 2 is 1.97 bits per heavy atom. The minimum Gasteiger partial charge on any atom is -0.494 e. The van der Waals surface area contributed by atoms with Gasteiger partial charge < -0.3 is 24.3 Å². The van der Waals surface area contributed by atoms with Gasteiger partial charge in [-0.3, -0.25) is 4.79 Å². The lowest BCUT2D eigenvalue weighted by molar-refractivity contribution is 0.0526. The van der Waals surface area contributed by atoms with Crippen LogP contribution in [0.15, 0.2) is 18.2 Å². The molecule has 0 saturated heterocycles. The van der Waals surface area contributed by atoms with Gasteiger partial charge in [0, 0.05) is 35.4 Å². The average Bonchev–Trinajstić information content (AvgIpc) is 3.27. The fourth-order valence-corrected chi connectivity index (χ4v) is 5.89. The monoisotopic (exact) mass is 469 g/mol. The van der Waals surface area contributed by atoms with Gasteiger partial charge in [0.25, 0.3) is 5.91 Å². The molecule has 0 aliphatic carbocycles. The molecule has 1 aromatic carbocycles. The van der Waals surface area contributed by atoms with Crippen LogP contribution in [0.5, 0.6) is 5.75 Å². The van der Waals surface area contributed by atoms with E-state index in [1.165, 1.54) is 11.3 Å². The van der Waals surface area contributed by atoms with Crippen LogP contribution in [0, 0.1) is 6.92 Å². The summed E-state index contributed by atoms with van der Waals surface area (Å²) < 4.78 is 13.0. The van der Waals surface area contributed by atoms with E-state index in [9.17, 15) is 9.59 Å².